The third kappa shape index (κ3) is 3.85. The zero-order valence-corrected chi connectivity index (χ0v) is 12.5. The van der Waals surface area contributed by atoms with Crippen LogP contribution in [0.4, 0.5) is 0 Å². The number of rotatable bonds is 5. The fourth-order valence-corrected chi connectivity index (χ4v) is 2.94. The van der Waals surface area contributed by atoms with Gasteiger partial charge in [0.2, 0.25) is 0 Å². The van der Waals surface area contributed by atoms with Crippen LogP contribution in [0.15, 0.2) is 22.7 Å². The van der Waals surface area contributed by atoms with Crippen LogP contribution in [0.1, 0.15) is 6.42 Å². The van der Waals surface area contributed by atoms with E-state index < -0.39 is 0 Å². The Bertz CT molecular complexity index is 403. The molecule has 0 spiro atoms. The van der Waals surface area contributed by atoms with Crippen LogP contribution in [0, 0.1) is 5.92 Å². The van der Waals surface area contributed by atoms with Crippen LogP contribution in [0.2, 0.25) is 5.02 Å². The summed E-state index contributed by atoms with van der Waals surface area (Å²) < 4.78 is 6.59. The van der Waals surface area contributed by atoms with E-state index in [1.807, 2.05) is 18.2 Å². The normalized spacial score (nSPS) is 20.3. The van der Waals surface area contributed by atoms with Gasteiger partial charge < -0.3 is 9.84 Å². The maximum atomic E-state index is 9.07. The van der Waals surface area contributed by atoms with Crippen molar-refractivity contribution in [2.45, 2.75) is 6.42 Å². The minimum absolute atomic E-state index is 0.292. The Kier molecular flexibility index (Phi) is 5.30. The summed E-state index contributed by atoms with van der Waals surface area (Å²) >= 11 is 9.29. The van der Waals surface area contributed by atoms with Crippen LogP contribution in [-0.4, -0.2) is 42.9 Å². The molecule has 1 aliphatic rings. The molecule has 1 aromatic rings. The highest BCUT2D eigenvalue weighted by Gasteiger charge is 2.21. The molecule has 0 amide bonds. The molecule has 0 radical (unpaired) electrons. The first-order valence-corrected chi connectivity index (χ1v) is 7.27. The second-order valence-corrected chi connectivity index (χ2v) is 5.85. The quantitative estimate of drug-likeness (QED) is 0.899. The molecule has 2 rings (SSSR count). The fourth-order valence-electron chi connectivity index (χ4n) is 2.14. The first-order valence-electron chi connectivity index (χ1n) is 6.10. The average Bonchev–Trinajstić information content (AvgIpc) is 2.80. The lowest BCUT2D eigenvalue weighted by molar-refractivity contribution is 0.204. The van der Waals surface area contributed by atoms with Crippen LogP contribution in [0.5, 0.6) is 5.75 Å². The molecule has 1 fully saturated rings. The number of likely N-dealkylation sites (tertiary alicyclic amines) is 1. The molecule has 0 aliphatic carbocycles. The third-order valence-electron chi connectivity index (χ3n) is 3.19. The topological polar surface area (TPSA) is 32.7 Å². The van der Waals surface area contributed by atoms with Crippen LogP contribution in [-0.2, 0) is 0 Å². The lowest BCUT2D eigenvalue weighted by atomic mass is 10.1. The SMILES string of the molecule is OCC1CCN(CCOc2ccc(Cl)cc2Br)C1. The van der Waals surface area contributed by atoms with Crippen molar-refractivity contribution in [3.63, 3.8) is 0 Å². The smallest absolute Gasteiger partial charge is 0.133 e. The minimum atomic E-state index is 0.292. The van der Waals surface area contributed by atoms with Gasteiger partial charge in [-0.3, -0.25) is 4.90 Å². The molecular formula is C13H17BrClNO2. The summed E-state index contributed by atoms with van der Waals surface area (Å²) in [5.74, 6) is 1.25. The molecule has 1 aromatic carbocycles. The van der Waals surface area contributed by atoms with Gasteiger partial charge >= 0.3 is 0 Å². The van der Waals surface area contributed by atoms with Crippen LogP contribution in [0.25, 0.3) is 0 Å². The van der Waals surface area contributed by atoms with Crippen molar-refractivity contribution in [1.82, 2.24) is 4.90 Å². The molecule has 5 heteroatoms. The summed E-state index contributed by atoms with van der Waals surface area (Å²) in [7, 11) is 0. The molecule has 0 saturated carbocycles. The van der Waals surface area contributed by atoms with Gasteiger partial charge in [0.1, 0.15) is 12.4 Å². The van der Waals surface area contributed by atoms with Crippen molar-refractivity contribution in [2.75, 3.05) is 32.8 Å². The Morgan fingerprint density at radius 1 is 1.50 bits per heavy atom. The van der Waals surface area contributed by atoms with Gasteiger partial charge in [0.05, 0.1) is 4.47 Å². The minimum Gasteiger partial charge on any atom is -0.491 e. The van der Waals surface area contributed by atoms with E-state index in [0.29, 0.717) is 24.2 Å². The number of benzene rings is 1. The summed E-state index contributed by atoms with van der Waals surface area (Å²) in [6.07, 6.45) is 1.08. The fraction of sp³-hybridized carbons (Fsp3) is 0.538. The molecule has 1 aliphatic heterocycles. The maximum absolute atomic E-state index is 9.07. The molecular weight excluding hydrogens is 318 g/mol. The van der Waals surface area contributed by atoms with Gasteiger partial charge in [-0.15, -0.1) is 0 Å². The Morgan fingerprint density at radius 2 is 2.33 bits per heavy atom. The highest BCUT2D eigenvalue weighted by molar-refractivity contribution is 9.10. The maximum Gasteiger partial charge on any atom is 0.133 e. The molecule has 0 bridgehead atoms. The number of ether oxygens (including phenoxy) is 1. The predicted octanol–water partition coefficient (Wildman–Crippen LogP) is 2.80. The zero-order chi connectivity index (χ0) is 13.0. The highest BCUT2D eigenvalue weighted by atomic mass is 79.9. The van der Waals surface area contributed by atoms with Gasteiger partial charge in [-0.05, 0) is 53.0 Å². The van der Waals surface area contributed by atoms with E-state index in [1.54, 1.807) is 0 Å². The number of aliphatic hydroxyl groups excluding tert-OH is 1. The second-order valence-electron chi connectivity index (χ2n) is 4.56. The van der Waals surface area contributed by atoms with Crippen molar-refractivity contribution < 1.29 is 9.84 Å². The van der Waals surface area contributed by atoms with E-state index in [-0.39, 0.29) is 0 Å². The Labute approximate surface area is 121 Å². The summed E-state index contributed by atoms with van der Waals surface area (Å²) in [6.45, 7) is 3.86. The summed E-state index contributed by atoms with van der Waals surface area (Å²) in [4.78, 5) is 2.32. The van der Waals surface area contributed by atoms with Crippen LogP contribution < -0.4 is 4.74 Å². The molecule has 1 atom stereocenters. The number of hydrogen-bond donors (Lipinski definition) is 1. The van der Waals surface area contributed by atoms with E-state index in [9.17, 15) is 0 Å². The Hall–Kier alpha value is -0.290. The van der Waals surface area contributed by atoms with E-state index in [1.165, 1.54) is 0 Å². The number of halogens is 2. The molecule has 1 unspecified atom stereocenters. The highest BCUT2D eigenvalue weighted by Crippen LogP contribution is 2.28. The Balaban J connectivity index is 1.75. The number of aliphatic hydroxyl groups is 1. The number of nitrogens with zero attached hydrogens (tertiary/aromatic N) is 1. The standard InChI is InChI=1S/C13H17BrClNO2/c14-12-7-11(15)1-2-13(12)18-6-5-16-4-3-10(8-16)9-17/h1-2,7,10,17H,3-6,8-9H2. The average molecular weight is 335 g/mol. The van der Waals surface area contributed by atoms with Gasteiger partial charge in [0, 0.05) is 24.7 Å². The number of hydrogen-bond acceptors (Lipinski definition) is 3. The van der Waals surface area contributed by atoms with Crippen molar-refractivity contribution in [2.24, 2.45) is 5.92 Å². The van der Waals surface area contributed by atoms with Gasteiger partial charge in [-0.1, -0.05) is 11.6 Å². The zero-order valence-electron chi connectivity index (χ0n) is 10.1. The third-order valence-corrected chi connectivity index (χ3v) is 4.04. The van der Waals surface area contributed by atoms with Crippen molar-refractivity contribution in [1.29, 1.82) is 0 Å². The van der Waals surface area contributed by atoms with Crippen LogP contribution in [0.3, 0.4) is 0 Å². The van der Waals surface area contributed by atoms with Gasteiger partial charge in [0.15, 0.2) is 0 Å². The first kappa shape index (κ1) is 14.1. The van der Waals surface area contributed by atoms with E-state index in [2.05, 4.69) is 20.8 Å². The van der Waals surface area contributed by atoms with Crippen LogP contribution >= 0.6 is 27.5 Å². The first-order chi connectivity index (χ1) is 8.69. The molecule has 1 N–H and O–H groups in total. The molecule has 3 nitrogen and oxygen atoms in total. The molecule has 100 valence electrons. The molecule has 1 heterocycles. The largest absolute Gasteiger partial charge is 0.491 e. The van der Waals surface area contributed by atoms with E-state index in [4.69, 9.17) is 21.4 Å². The molecule has 1 saturated heterocycles. The van der Waals surface area contributed by atoms with Crippen molar-refractivity contribution in [3.05, 3.63) is 27.7 Å². The van der Waals surface area contributed by atoms with E-state index in [0.717, 1.165) is 36.3 Å². The van der Waals surface area contributed by atoms with Crippen molar-refractivity contribution in [3.8, 4) is 5.75 Å². The van der Waals surface area contributed by atoms with Gasteiger partial charge in [-0.2, -0.15) is 0 Å². The molecule has 18 heavy (non-hydrogen) atoms. The summed E-state index contributed by atoms with van der Waals surface area (Å²) in [5, 5.41) is 9.77. The summed E-state index contributed by atoms with van der Waals surface area (Å²) in [5.41, 5.74) is 0. The Morgan fingerprint density at radius 3 is 3.00 bits per heavy atom. The van der Waals surface area contributed by atoms with Gasteiger partial charge in [-0.25, -0.2) is 0 Å². The summed E-state index contributed by atoms with van der Waals surface area (Å²) in [6, 6.07) is 5.51. The second kappa shape index (κ2) is 6.75. The van der Waals surface area contributed by atoms with Gasteiger partial charge in [0.25, 0.3) is 0 Å². The lowest BCUT2D eigenvalue weighted by Crippen LogP contribution is -2.26. The predicted molar refractivity (Wildman–Crippen MR) is 76.3 cm³/mol. The molecule has 0 aromatic heterocycles. The monoisotopic (exact) mass is 333 g/mol. The van der Waals surface area contributed by atoms with E-state index >= 15 is 0 Å². The van der Waals surface area contributed by atoms with Crippen molar-refractivity contribution >= 4 is 27.5 Å². The lowest BCUT2D eigenvalue weighted by Gasteiger charge is -2.16.